The summed E-state index contributed by atoms with van der Waals surface area (Å²) in [6.45, 7) is 0.401. The lowest BCUT2D eigenvalue weighted by Crippen LogP contribution is -2.51. The molecule has 2 aromatic carbocycles. The summed E-state index contributed by atoms with van der Waals surface area (Å²) in [5.41, 5.74) is 1.63. The van der Waals surface area contributed by atoms with Gasteiger partial charge in [-0.15, -0.1) is 0 Å². The van der Waals surface area contributed by atoms with Crippen molar-refractivity contribution in [3.05, 3.63) is 66.4 Å². The second-order valence-corrected chi connectivity index (χ2v) is 8.07. The highest BCUT2D eigenvalue weighted by Gasteiger charge is 2.46. The molecule has 0 radical (unpaired) electrons. The van der Waals surface area contributed by atoms with Gasteiger partial charge in [0.2, 0.25) is 0 Å². The maximum Gasteiger partial charge on any atom is 0.343 e. The number of carboxylic acid groups (broad SMARTS) is 1. The summed E-state index contributed by atoms with van der Waals surface area (Å²) in [7, 11) is 2.85. The van der Waals surface area contributed by atoms with Gasteiger partial charge < -0.3 is 14.7 Å². The van der Waals surface area contributed by atoms with Gasteiger partial charge in [0, 0.05) is 25.7 Å². The Morgan fingerprint density at radius 2 is 1.70 bits per heavy atom. The number of hydrogen-bond donors (Lipinski definition) is 2. The highest BCUT2D eigenvalue weighted by molar-refractivity contribution is 5.82. The van der Waals surface area contributed by atoms with Gasteiger partial charge >= 0.3 is 12.0 Å². The zero-order valence-corrected chi connectivity index (χ0v) is 18.5. The molecule has 1 aliphatic heterocycles. The van der Waals surface area contributed by atoms with Crippen LogP contribution in [-0.2, 0) is 10.2 Å². The molecule has 0 spiro atoms. The van der Waals surface area contributed by atoms with Crippen molar-refractivity contribution in [1.29, 1.82) is 0 Å². The lowest BCUT2D eigenvalue weighted by molar-refractivity contribution is -0.146. The number of para-hydroxylation sites is 1. The number of likely N-dealkylation sites (tertiary alicyclic amines) is 1. The van der Waals surface area contributed by atoms with Crippen molar-refractivity contribution >= 4 is 12.0 Å². The van der Waals surface area contributed by atoms with E-state index in [2.05, 4.69) is 0 Å². The third-order valence-corrected chi connectivity index (χ3v) is 6.16. The van der Waals surface area contributed by atoms with Crippen LogP contribution in [0.2, 0.25) is 0 Å². The first-order valence-corrected chi connectivity index (χ1v) is 10.6. The summed E-state index contributed by atoms with van der Waals surface area (Å²) in [5.74, 6) is -0.261. The minimum Gasteiger partial charge on any atom is -0.497 e. The Balaban J connectivity index is 1.77. The minimum absolute atomic E-state index is 0.190. The number of piperidine rings is 1. The molecule has 0 saturated carbocycles. The van der Waals surface area contributed by atoms with E-state index < -0.39 is 17.4 Å². The molecule has 2 N–H and O–H groups in total. The van der Waals surface area contributed by atoms with E-state index in [0.717, 1.165) is 22.7 Å². The van der Waals surface area contributed by atoms with Crippen molar-refractivity contribution in [2.45, 2.75) is 18.3 Å². The average Bonchev–Trinajstić information content (AvgIpc) is 3.30. The topological polar surface area (TPSA) is 108 Å². The van der Waals surface area contributed by atoms with Gasteiger partial charge in [-0.1, -0.05) is 18.2 Å². The molecule has 9 nitrogen and oxygen atoms in total. The van der Waals surface area contributed by atoms with Gasteiger partial charge in [0.25, 0.3) is 0 Å². The van der Waals surface area contributed by atoms with Gasteiger partial charge in [-0.2, -0.15) is 5.10 Å². The quantitative estimate of drug-likeness (QED) is 0.456. The van der Waals surface area contributed by atoms with E-state index in [0.29, 0.717) is 10.8 Å². The van der Waals surface area contributed by atoms with Gasteiger partial charge in [-0.25, -0.2) is 14.5 Å². The van der Waals surface area contributed by atoms with E-state index in [4.69, 9.17) is 9.84 Å². The van der Waals surface area contributed by atoms with Crippen molar-refractivity contribution in [2.75, 3.05) is 27.2 Å². The zero-order valence-electron chi connectivity index (χ0n) is 18.5. The number of hydrogen-bond acceptors (Lipinski definition) is 5. The third kappa shape index (κ3) is 4.14. The van der Waals surface area contributed by atoms with Crippen LogP contribution in [0.3, 0.4) is 0 Å². The molecule has 0 bridgehead atoms. The van der Waals surface area contributed by atoms with Crippen molar-refractivity contribution in [1.82, 2.24) is 19.7 Å². The number of urea groups is 1. The first kappa shape index (κ1) is 22.3. The van der Waals surface area contributed by atoms with Gasteiger partial charge in [-0.3, -0.25) is 10.0 Å². The van der Waals surface area contributed by atoms with Crippen LogP contribution in [0, 0.1) is 0 Å². The SMILES string of the molecule is COc1ccc(-c2cc(C3(C(=O)O)CCN(C(=O)N(C)O)CC3)nn2-c2ccccc2)cc1. The van der Waals surface area contributed by atoms with Crippen molar-refractivity contribution in [3.63, 3.8) is 0 Å². The summed E-state index contributed by atoms with van der Waals surface area (Å²) in [5, 5.41) is 25.0. The molecule has 4 rings (SSSR count). The molecule has 1 fully saturated rings. The number of benzene rings is 2. The third-order valence-electron chi connectivity index (χ3n) is 6.16. The van der Waals surface area contributed by atoms with Crippen molar-refractivity contribution < 1.29 is 24.6 Å². The van der Waals surface area contributed by atoms with Crippen LogP contribution in [0.25, 0.3) is 16.9 Å². The van der Waals surface area contributed by atoms with Gasteiger partial charge in [-0.05, 0) is 55.3 Å². The molecule has 1 saturated heterocycles. The summed E-state index contributed by atoms with van der Waals surface area (Å²) >= 11 is 0. The number of aromatic nitrogens is 2. The number of methoxy groups -OCH3 is 1. The van der Waals surface area contributed by atoms with Crippen LogP contribution in [0.15, 0.2) is 60.7 Å². The Kier molecular flexibility index (Phi) is 6.06. The largest absolute Gasteiger partial charge is 0.497 e. The number of nitrogens with zero attached hydrogens (tertiary/aromatic N) is 4. The molecule has 1 aliphatic rings. The fourth-order valence-electron chi connectivity index (χ4n) is 4.21. The molecule has 0 aliphatic carbocycles. The molecule has 9 heteroatoms. The summed E-state index contributed by atoms with van der Waals surface area (Å²) in [6, 6.07) is 18.3. The number of rotatable bonds is 5. The molecule has 0 atom stereocenters. The molecule has 1 aromatic heterocycles. The molecule has 2 amide bonds. The molecule has 2 heterocycles. The van der Waals surface area contributed by atoms with Crippen LogP contribution in [0.5, 0.6) is 5.75 Å². The van der Waals surface area contributed by atoms with Gasteiger partial charge in [0.15, 0.2) is 0 Å². The van der Waals surface area contributed by atoms with E-state index in [1.165, 1.54) is 11.9 Å². The number of aliphatic carboxylic acids is 1. The monoisotopic (exact) mass is 450 g/mol. The predicted molar refractivity (Wildman–Crippen MR) is 121 cm³/mol. The fourth-order valence-corrected chi connectivity index (χ4v) is 4.21. The highest BCUT2D eigenvalue weighted by atomic mass is 16.5. The lowest BCUT2D eigenvalue weighted by Gasteiger charge is -2.38. The number of ether oxygens (including phenoxy) is 1. The summed E-state index contributed by atoms with van der Waals surface area (Å²) < 4.78 is 7.01. The maximum atomic E-state index is 12.5. The van der Waals surface area contributed by atoms with Crippen molar-refractivity contribution in [3.8, 4) is 22.7 Å². The van der Waals surface area contributed by atoms with Crippen LogP contribution in [0.4, 0.5) is 4.79 Å². The molecule has 0 unspecified atom stereocenters. The molecule has 33 heavy (non-hydrogen) atoms. The van der Waals surface area contributed by atoms with E-state index in [9.17, 15) is 19.9 Å². The van der Waals surface area contributed by atoms with Crippen LogP contribution < -0.4 is 4.74 Å². The van der Waals surface area contributed by atoms with Crippen LogP contribution in [0.1, 0.15) is 18.5 Å². The predicted octanol–water partition coefficient (Wildman–Crippen LogP) is 3.41. The maximum absolute atomic E-state index is 12.5. The second kappa shape index (κ2) is 8.95. The second-order valence-electron chi connectivity index (χ2n) is 8.07. The smallest absolute Gasteiger partial charge is 0.343 e. The lowest BCUT2D eigenvalue weighted by atomic mass is 9.75. The molecular weight excluding hydrogens is 424 g/mol. The Morgan fingerprint density at radius 1 is 1.06 bits per heavy atom. The average molecular weight is 450 g/mol. The van der Waals surface area contributed by atoms with Gasteiger partial charge in [0.05, 0.1) is 24.2 Å². The number of carboxylic acids is 1. The Hall–Kier alpha value is -3.85. The molecular formula is C24H26N4O5. The highest BCUT2D eigenvalue weighted by Crippen LogP contribution is 2.38. The molecule has 172 valence electrons. The number of hydroxylamine groups is 2. The summed E-state index contributed by atoms with van der Waals surface area (Å²) in [4.78, 5) is 26.1. The first-order chi connectivity index (χ1) is 15.9. The van der Waals surface area contributed by atoms with Crippen molar-refractivity contribution in [2.24, 2.45) is 0 Å². The zero-order chi connectivity index (χ0) is 23.6. The number of amides is 2. The fraction of sp³-hybridized carbons (Fsp3) is 0.292. The summed E-state index contributed by atoms with van der Waals surface area (Å²) in [6.07, 6.45) is 0.380. The van der Waals surface area contributed by atoms with E-state index in [1.807, 2.05) is 60.7 Å². The standard InChI is InChI=1S/C24H26N4O5/c1-26(32)23(31)27-14-12-24(13-15-27,22(29)30)21-16-20(17-8-10-19(33-2)11-9-17)28(25-21)18-6-4-3-5-7-18/h3-11,16,32H,12-15H2,1-2H3,(H,29,30). The van der Waals surface area contributed by atoms with E-state index in [-0.39, 0.29) is 25.9 Å². The van der Waals surface area contributed by atoms with Crippen LogP contribution >= 0.6 is 0 Å². The number of carbonyl (C=O) groups is 2. The Labute approximate surface area is 191 Å². The Morgan fingerprint density at radius 3 is 2.24 bits per heavy atom. The van der Waals surface area contributed by atoms with E-state index >= 15 is 0 Å². The molecule has 3 aromatic rings. The minimum atomic E-state index is -1.24. The Bertz CT molecular complexity index is 1130. The first-order valence-electron chi connectivity index (χ1n) is 10.6. The normalized spacial score (nSPS) is 15.2. The van der Waals surface area contributed by atoms with E-state index in [1.54, 1.807) is 11.8 Å². The van der Waals surface area contributed by atoms with Crippen LogP contribution in [-0.4, -0.2) is 69.3 Å². The number of carbonyl (C=O) groups excluding carboxylic acids is 1. The van der Waals surface area contributed by atoms with Gasteiger partial charge in [0.1, 0.15) is 11.2 Å².